The first-order valence-corrected chi connectivity index (χ1v) is 14.1. The number of rotatable bonds is 15. The number of halogens is 3. The molecule has 0 unspecified atom stereocenters. The molecule has 11 heteroatoms. The van der Waals surface area contributed by atoms with E-state index in [0.717, 1.165) is 36.1 Å². The number of benzene rings is 2. The van der Waals surface area contributed by atoms with Crippen molar-refractivity contribution < 1.29 is 27.2 Å². The summed E-state index contributed by atoms with van der Waals surface area (Å²) in [6.07, 6.45) is -1.76. The monoisotopic (exact) mass is 587 g/mol. The lowest BCUT2D eigenvalue weighted by Crippen LogP contribution is -2.50. The zero-order valence-electron chi connectivity index (χ0n) is 24.2. The molecular weight excluding hydrogens is 545 g/mol. The molecule has 3 aromatic rings. The quantitative estimate of drug-likeness (QED) is 0.202. The number of nitrogens with zero attached hydrogens (tertiary/aromatic N) is 2. The van der Waals surface area contributed by atoms with E-state index >= 15 is 0 Å². The third-order valence-electron chi connectivity index (χ3n) is 7.49. The van der Waals surface area contributed by atoms with Gasteiger partial charge in [-0.1, -0.05) is 30.3 Å². The summed E-state index contributed by atoms with van der Waals surface area (Å²) < 4.78 is 39.8. The molecule has 1 amide bonds. The number of quaternary nitrogens is 1. The number of Topliss-reactive ketones (excluding diaryl/α,β-unsaturated/α-hetero) is 1. The number of hydrogen-bond donors (Lipinski definition) is 4. The van der Waals surface area contributed by atoms with Crippen molar-refractivity contribution in [1.82, 2.24) is 10.3 Å². The maximum Gasteiger partial charge on any atom is 0.416 e. The van der Waals surface area contributed by atoms with Gasteiger partial charge in [-0.05, 0) is 54.7 Å². The fraction of sp³-hybridized carbons (Fsp3) is 0.452. The van der Waals surface area contributed by atoms with Crippen molar-refractivity contribution in [2.24, 2.45) is 23.1 Å². The van der Waals surface area contributed by atoms with Crippen LogP contribution < -0.4 is 22.5 Å². The van der Waals surface area contributed by atoms with Gasteiger partial charge in [0.05, 0.1) is 50.3 Å². The standard InChI is InChI=1S/C31H41F3N6O2/c1-40(2,20-23(17-35)18-36)13-5-7-26(37)30(42)39-28(15-21-9-11-25(12-10-21)31(32,33)34)29(41)16-22-14-24-6-3-4-8-27(24)38-19-22/h3-4,6,8-12,14,19,23,26,28H,5,7,13,15-18,20,35-37H2,1-2H3/p+1/t26-,28-/m0/s1. The van der Waals surface area contributed by atoms with Gasteiger partial charge in [0, 0.05) is 37.0 Å². The second kappa shape index (κ2) is 14.7. The summed E-state index contributed by atoms with van der Waals surface area (Å²) in [5.74, 6) is -0.573. The predicted molar refractivity (Wildman–Crippen MR) is 158 cm³/mol. The van der Waals surface area contributed by atoms with Crippen molar-refractivity contribution in [3.05, 3.63) is 77.5 Å². The molecule has 42 heavy (non-hydrogen) atoms. The van der Waals surface area contributed by atoms with Crippen LogP contribution in [0.2, 0.25) is 0 Å². The van der Waals surface area contributed by atoms with Gasteiger partial charge in [-0.3, -0.25) is 14.6 Å². The smallest absolute Gasteiger partial charge is 0.345 e. The molecule has 0 bridgehead atoms. The Hall–Kier alpha value is -3.38. The molecule has 0 saturated heterocycles. The summed E-state index contributed by atoms with van der Waals surface area (Å²) >= 11 is 0. The Kier molecular flexibility index (Phi) is 11.6. The van der Waals surface area contributed by atoms with Gasteiger partial charge in [-0.25, -0.2) is 0 Å². The molecule has 2 atom stereocenters. The average Bonchev–Trinajstić information content (AvgIpc) is 2.95. The molecule has 2 aromatic carbocycles. The molecule has 0 saturated carbocycles. The van der Waals surface area contributed by atoms with E-state index in [2.05, 4.69) is 24.4 Å². The van der Waals surface area contributed by atoms with E-state index in [0.29, 0.717) is 41.5 Å². The maximum absolute atomic E-state index is 13.5. The highest BCUT2D eigenvalue weighted by molar-refractivity contribution is 5.92. The number of amides is 1. The highest BCUT2D eigenvalue weighted by Crippen LogP contribution is 2.29. The predicted octanol–water partition coefficient (Wildman–Crippen LogP) is 2.81. The normalized spacial score (nSPS) is 13.7. The SMILES string of the molecule is C[N+](C)(CCC[C@H](N)C(=O)N[C@@H](Cc1ccc(C(F)(F)F)cc1)C(=O)Cc1cnc2ccccc2c1)CC(CN)CN. The molecule has 0 fully saturated rings. The summed E-state index contributed by atoms with van der Waals surface area (Å²) in [5, 5.41) is 3.64. The van der Waals surface area contributed by atoms with Crippen molar-refractivity contribution in [2.75, 3.05) is 40.3 Å². The number of aromatic nitrogens is 1. The topological polar surface area (TPSA) is 137 Å². The fourth-order valence-electron chi connectivity index (χ4n) is 5.03. The summed E-state index contributed by atoms with van der Waals surface area (Å²) in [6, 6.07) is 12.1. The van der Waals surface area contributed by atoms with Gasteiger partial charge in [-0.2, -0.15) is 13.2 Å². The molecule has 7 N–H and O–H groups in total. The number of carbonyl (C=O) groups is 2. The second-order valence-corrected chi connectivity index (χ2v) is 11.6. The van der Waals surface area contributed by atoms with Crippen molar-refractivity contribution in [1.29, 1.82) is 0 Å². The van der Waals surface area contributed by atoms with Crippen LogP contribution in [0.5, 0.6) is 0 Å². The van der Waals surface area contributed by atoms with E-state index in [1.165, 1.54) is 12.1 Å². The van der Waals surface area contributed by atoms with Crippen molar-refractivity contribution in [2.45, 2.75) is 43.9 Å². The Morgan fingerprint density at radius 2 is 1.67 bits per heavy atom. The van der Waals surface area contributed by atoms with E-state index in [1.54, 1.807) is 6.20 Å². The third kappa shape index (κ3) is 9.87. The van der Waals surface area contributed by atoms with Crippen LogP contribution >= 0.6 is 0 Å². The van der Waals surface area contributed by atoms with Gasteiger partial charge in [-0.15, -0.1) is 0 Å². The molecule has 0 radical (unpaired) electrons. The first-order valence-electron chi connectivity index (χ1n) is 14.1. The molecule has 0 aliphatic heterocycles. The Balaban J connectivity index is 1.69. The van der Waals surface area contributed by atoms with Crippen LogP contribution in [-0.2, 0) is 28.6 Å². The maximum atomic E-state index is 13.5. The number of nitrogens with two attached hydrogens (primary N) is 3. The Morgan fingerprint density at radius 3 is 2.31 bits per heavy atom. The minimum absolute atomic E-state index is 0.00618. The number of para-hydroxylation sites is 1. The van der Waals surface area contributed by atoms with Crippen LogP contribution in [0.4, 0.5) is 13.2 Å². The summed E-state index contributed by atoms with van der Waals surface area (Å²) in [7, 11) is 4.15. The van der Waals surface area contributed by atoms with Crippen LogP contribution in [0.1, 0.15) is 29.5 Å². The van der Waals surface area contributed by atoms with Crippen molar-refractivity contribution in [3.63, 3.8) is 0 Å². The lowest BCUT2D eigenvalue weighted by molar-refractivity contribution is -0.893. The van der Waals surface area contributed by atoms with E-state index in [9.17, 15) is 22.8 Å². The number of nitrogens with one attached hydrogen (secondary N) is 1. The number of carbonyl (C=O) groups excluding carboxylic acids is 2. The van der Waals surface area contributed by atoms with Crippen LogP contribution in [0.15, 0.2) is 60.8 Å². The van der Waals surface area contributed by atoms with Gasteiger partial charge in [0.2, 0.25) is 5.91 Å². The first kappa shape index (κ1) is 33.1. The van der Waals surface area contributed by atoms with E-state index in [1.807, 2.05) is 30.3 Å². The molecule has 3 rings (SSSR count). The molecule has 1 heterocycles. The lowest BCUT2D eigenvalue weighted by Gasteiger charge is -2.33. The van der Waals surface area contributed by atoms with Crippen LogP contribution in [0.3, 0.4) is 0 Å². The van der Waals surface area contributed by atoms with Crippen LogP contribution in [0.25, 0.3) is 10.9 Å². The van der Waals surface area contributed by atoms with Crippen LogP contribution in [-0.4, -0.2) is 73.5 Å². The molecule has 8 nitrogen and oxygen atoms in total. The number of alkyl halides is 3. The second-order valence-electron chi connectivity index (χ2n) is 11.6. The first-order chi connectivity index (χ1) is 19.8. The molecule has 1 aromatic heterocycles. The van der Waals surface area contributed by atoms with Crippen molar-refractivity contribution in [3.8, 4) is 0 Å². The summed E-state index contributed by atoms with van der Waals surface area (Å²) in [5.41, 5.74) is 19.0. The van der Waals surface area contributed by atoms with Gasteiger partial charge in [0.1, 0.15) is 0 Å². The Labute approximate surface area is 245 Å². The van der Waals surface area contributed by atoms with Crippen molar-refractivity contribution >= 4 is 22.6 Å². The van der Waals surface area contributed by atoms with Gasteiger partial charge in [0.15, 0.2) is 5.78 Å². The largest absolute Gasteiger partial charge is 0.416 e. The molecule has 0 spiro atoms. The average molecular weight is 588 g/mol. The van der Waals surface area contributed by atoms with Gasteiger partial charge >= 0.3 is 6.18 Å². The molecule has 0 aliphatic carbocycles. The zero-order valence-corrected chi connectivity index (χ0v) is 24.2. The molecule has 0 aliphatic rings. The van der Waals surface area contributed by atoms with Crippen LogP contribution in [0, 0.1) is 5.92 Å². The van der Waals surface area contributed by atoms with E-state index < -0.39 is 29.7 Å². The minimum atomic E-state index is -4.47. The van der Waals surface area contributed by atoms with Gasteiger partial charge < -0.3 is 27.0 Å². The fourth-order valence-corrected chi connectivity index (χ4v) is 5.03. The summed E-state index contributed by atoms with van der Waals surface area (Å²) in [6.45, 7) is 2.58. The number of hydrogen-bond acceptors (Lipinski definition) is 6. The third-order valence-corrected chi connectivity index (χ3v) is 7.49. The number of ketones is 1. The molecular formula is C31H42F3N6O2+. The number of pyridine rings is 1. The van der Waals surface area contributed by atoms with E-state index in [4.69, 9.17) is 17.2 Å². The highest BCUT2D eigenvalue weighted by atomic mass is 19.4. The lowest BCUT2D eigenvalue weighted by atomic mass is 9.96. The Morgan fingerprint density at radius 1 is 1.00 bits per heavy atom. The molecule has 228 valence electrons. The number of fused-ring (bicyclic) bond motifs is 1. The minimum Gasteiger partial charge on any atom is -0.345 e. The highest BCUT2D eigenvalue weighted by Gasteiger charge is 2.31. The van der Waals surface area contributed by atoms with Gasteiger partial charge in [0.25, 0.3) is 0 Å². The Bertz CT molecular complexity index is 1330. The van der Waals surface area contributed by atoms with E-state index in [-0.39, 0.29) is 24.5 Å². The summed E-state index contributed by atoms with van der Waals surface area (Å²) in [4.78, 5) is 31.0. The zero-order chi connectivity index (χ0) is 30.9.